The molecule has 58 heavy (non-hydrogen) atoms. The van der Waals surface area contributed by atoms with Gasteiger partial charge in [0, 0.05) is 60.2 Å². The molecular weight excluding hydrogens is 707 g/mol. The minimum Gasteiger partial charge on any atom is -0.456 e. The number of hydrogen-bond donors (Lipinski definition) is 0. The Kier molecular flexibility index (Phi) is 6.41. The SMILES string of the molecule is c1ccc(-n2c3ccccc3c3cc(-c4ccc5c6ccccc6n(-c6ccc7oc8ccc(-n9c%10ccccc%10c%10ccccc%109)cc8c7c6)c5c4)ccc32)cc1. The molecule has 0 bridgehead atoms. The molecule has 0 amide bonds. The zero-order chi connectivity index (χ0) is 37.9. The Morgan fingerprint density at radius 1 is 0.241 bits per heavy atom. The van der Waals surface area contributed by atoms with Crippen molar-refractivity contribution in [3.8, 4) is 28.2 Å². The molecule has 0 N–H and O–H groups in total. The number of hydrogen-bond acceptors (Lipinski definition) is 1. The summed E-state index contributed by atoms with van der Waals surface area (Å²) in [5.74, 6) is 0. The fourth-order valence-corrected chi connectivity index (χ4v) is 9.67. The maximum Gasteiger partial charge on any atom is 0.135 e. The Balaban J connectivity index is 0.999. The Morgan fingerprint density at radius 3 is 1.22 bits per heavy atom. The Labute approximate surface area is 332 Å². The summed E-state index contributed by atoms with van der Waals surface area (Å²) >= 11 is 0. The maximum absolute atomic E-state index is 6.50. The number of aromatic nitrogens is 3. The standard InChI is InChI=1S/C54H33N3O/c1-2-12-36(13-3-1)55-50-21-11-7-17-42(50)44-30-34(23-27-51(44)55)35-22-26-43-41-16-6-10-20-49(41)57(52(43)31-35)38-25-29-54-46(33-38)45-32-37(24-28-53(45)58-54)56-47-18-8-4-14-39(47)40-15-5-9-19-48(40)56/h1-33H. The first kappa shape index (κ1) is 31.4. The summed E-state index contributed by atoms with van der Waals surface area (Å²) in [6, 6.07) is 72.5. The molecule has 0 saturated carbocycles. The van der Waals surface area contributed by atoms with Gasteiger partial charge in [0.15, 0.2) is 0 Å². The van der Waals surface area contributed by atoms with E-state index in [1.807, 2.05) is 0 Å². The Hall–Kier alpha value is -7.82. The van der Waals surface area contributed by atoms with Crippen molar-refractivity contribution in [2.24, 2.45) is 0 Å². The highest BCUT2D eigenvalue weighted by Crippen LogP contribution is 2.40. The van der Waals surface area contributed by atoms with Gasteiger partial charge in [0.2, 0.25) is 0 Å². The van der Waals surface area contributed by atoms with Crippen molar-refractivity contribution in [1.29, 1.82) is 0 Å². The molecule has 0 atom stereocenters. The van der Waals surface area contributed by atoms with Gasteiger partial charge in [-0.05, 0) is 102 Å². The number of nitrogens with zero attached hydrogens (tertiary/aromatic N) is 3. The summed E-state index contributed by atoms with van der Waals surface area (Å²) in [4.78, 5) is 0. The van der Waals surface area contributed by atoms with Gasteiger partial charge in [-0.1, -0.05) is 109 Å². The van der Waals surface area contributed by atoms with E-state index in [2.05, 4.69) is 214 Å². The summed E-state index contributed by atoms with van der Waals surface area (Å²) in [6.45, 7) is 0. The third kappa shape index (κ3) is 4.40. The lowest BCUT2D eigenvalue weighted by Crippen LogP contribution is -1.94. The first-order chi connectivity index (χ1) is 28.8. The highest BCUT2D eigenvalue weighted by molar-refractivity contribution is 6.14. The lowest BCUT2D eigenvalue weighted by atomic mass is 10.0. The van der Waals surface area contributed by atoms with Crippen molar-refractivity contribution in [2.75, 3.05) is 0 Å². The Morgan fingerprint density at radius 2 is 0.655 bits per heavy atom. The quantitative estimate of drug-likeness (QED) is 0.177. The maximum atomic E-state index is 6.50. The number of fused-ring (bicyclic) bond motifs is 12. The van der Waals surface area contributed by atoms with E-state index in [0.29, 0.717) is 0 Å². The van der Waals surface area contributed by atoms with Crippen LogP contribution >= 0.6 is 0 Å². The van der Waals surface area contributed by atoms with Crippen LogP contribution in [0.15, 0.2) is 205 Å². The van der Waals surface area contributed by atoms with Gasteiger partial charge in [0.1, 0.15) is 11.2 Å². The minimum atomic E-state index is 0.877. The van der Waals surface area contributed by atoms with Gasteiger partial charge in [-0.25, -0.2) is 0 Å². The largest absolute Gasteiger partial charge is 0.456 e. The molecular formula is C54H33N3O. The van der Waals surface area contributed by atoms with Crippen LogP contribution in [0.1, 0.15) is 0 Å². The van der Waals surface area contributed by atoms with Gasteiger partial charge in [-0.2, -0.15) is 0 Å². The van der Waals surface area contributed by atoms with Gasteiger partial charge in [-0.15, -0.1) is 0 Å². The van der Waals surface area contributed by atoms with Crippen molar-refractivity contribution in [1.82, 2.24) is 13.7 Å². The first-order valence-electron chi connectivity index (χ1n) is 19.8. The van der Waals surface area contributed by atoms with Crippen LogP contribution in [-0.2, 0) is 0 Å². The van der Waals surface area contributed by atoms with E-state index in [1.54, 1.807) is 0 Å². The molecule has 13 aromatic rings. The molecule has 9 aromatic carbocycles. The second-order valence-electron chi connectivity index (χ2n) is 15.3. The van der Waals surface area contributed by atoms with Crippen molar-refractivity contribution >= 4 is 87.4 Å². The summed E-state index contributed by atoms with van der Waals surface area (Å²) in [6.07, 6.45) is 0. The number of para-hydroxylation sites is 5. The van der Waals surface area contributed by atoms with Crippen molar-refractivity contribution < 1.29 is 4.42 Å². The van der Waals surface area contributed by atoms with Gasteiger partial charge >= 0.3 is 0 Å². The summed E-state index contributed by atoms with van der Waals surface area (Å²) in [5.41, 5.74) is 14.6. The molecule has 0 aliphatic rings. The van der Waals surface area contributed by atoms with Crippen LogP contribution in [0, 0.1) is 0 Å². The molecule has 4 nitrogen and oxygen atoms in total. The number of rotatable bonds is 4. The molecule has 0 aliphatic heterocycles. The third-order valence-corrected chi connectivity index (χ3v) is 12.2. The van der Waals surface area contributed by atoms with Gasteiger partial charge in [-0.3, -0.25) is 0 Å². The van der Waals surface area contributed by atoms with Crippen LogP contribution in [0.5, 0.6) is 0 Å². The predicted octanol–water partition coefficient (Wildman–Crippen LogP) is 14.5. The van der Waals surface area contributed by atoms with Gasteiger partial charge < -0.3 is 18.1 Å². The number of benzene rings is 9. The zero-order valence-electron chi connectivity index (χ0n) is 31.3. The van der Waals surface area contributed by atoms with Crippen molar-refractivity contribution in [3.05, 3.63) is 200 Å². The van der Waals surface area contributed by atoms with E-state index in [1.165, 1.54) is 76.5 Å². The lowest BCUT2D eigenvalue weighted by molar-refractivity contribution is 0.669. The highest BCUT2D eigenvalue weighted by Gasteiger charge is 2.18. The molecule has 4 aromatic heterocycles. The van der Waals surface area contributed by atoms with E-state index in [9.17, 15) is 0 Å². The molecule has 0 fully saturated rings. The molecule has 4 heteroatoms. The fourth-order valence-electron chi connectivity index (χ4n) is 9.67. The van der Waals surface area contributed by atoms with Crippen LogP contribution in [0.4, 0.5) is 0 Å². The molecule has 4 heterocycles. The first-order valence-corrected chi connectivity index (χ1v) is 19.8. The molecule has 0 saturated heterocycles. The van der Waals surface area contributed by atoms with E-state index in [0.717, 1.165) is 39.0 Å². The average Bonchev–Trinajstić information content (AvgIpc) is 4.02. The monoisotopic (exact) mass is 739 g/mol. The normalized spacial score (nSPS) is 12.1. The van der Waals surface area contributed by atoms with Crippen LogP contribution in [-0.4, -0.2) is 13.7 Å². The summed E-state index contributed by atoms with van der Waals surface area (Å²) in [5, 5.41) is 9.65. The smallest absolute Gasteiger partial charge is 0.135 e. The van der Waals surface area contributed by atoms with Crippen LogP contribution in [0.3, 0.4) is 0 Å². The summed E-state index contributed by atoms with van der Waals surface area (Å²) < 4.78 is 13.7. The number of furan rings is 1. The molecule has 0 spiro atoms. The summed E-state index contributed by atoms with van der Waals surface area (Å²) in [7, 11) is 0. The average molecular weight is 740 g/mol. The van der Waals surface area contributed by atoms with Crippen molar-refractivity contribution in [2.45, 2.75) is 0 Å². The van der Waals surface area contributed by atoms with Crippen LogP contribution in [0.25, 0.3) is 116 Å². The van der Waals surface area contributed by atoms with E-state index >= 15 is 0 Å². The van der Waals surface area contributed by atoms with Crippen LogP contribution in [0.2, 0.25) is 0 Å². The molecule has 13 rings (SSSR count). The van der Waals surface area contributed by atoms with Gasteiger partial charge in [0.05, 0.1) is 33.1 Å². The Bertz CT molecular complexity index is 3750. The molecule has 0 aliphatic carbocycles. The van der Waals surface area contributed by atoms with E-state index in [4.69, 9.17) is 4.42 Å². The van der Waals surface area contributed by atoms with Gasteiger partial charge in [0.25, 0.3) is 0 Å². The zero-order valence-corrected chi connectivity index (χ0v) is 31.3. The highest BCUT2D eigenvalue weighted by atomic mass is 16.3. The molecule has 0 radical (unpaired) electrons. The second-order valence-corrected chi connectivity index (χ2v) is 15.3. The van der Waals surface area contributed by atoms with E-state index in [-0.39, 0.29) is 0 Å². The molecule has 270 valence electrons. The predicted molar refractivity (Wildman–Crippen MR) is 242 cm³/mol. The van der Waals surface area contributed by atoms with Crippen molar-refractivity contribution in [3.63, 3.8) is 0 Å². The van der Waals surface area contributed by atoms with Crippen LogP contribution < -0.4 is 0 Å². The topological polar surface area (TPSA) is 27.9 Å². The lowest BCUT2D eigenvalue weighted by Gasteiger charge is -2.10. The third-order valence-electron chi connectivity index (χ3n) is 12.2. The second kappa shape index (κ2) is 11.8. The van der Waals surface area contributed by atoms with E-state index < -0.39 is 0 Å². The molecule has 0 unspecified atom stereocenters. The fraction of sp³-hybridized carbons (Fsp3) is 0. The minimum absolute atomic E-state index is 0.877.